The molecule has 2 rings (SSSR count). The molecule has 0 bridgehead atoms. The van der Waals surface area contributed by atoms with Gasteiger partial charge in [-0.3, -0.25) is 9.78 Å². The van der Waals surface area contributed by atoms with Gasteiger partial charge in [0.05, 0.1) is 13.6 Å². The Morgan fingerprint density at radius 3 is 3.00 bits per heavy atom. The van der Waals surface area contributed by atoms with E-state index >= 15 is 0 Å². The number of piperidine rings is 1. The van der Waals surface area contributed by atoms with Crippen LogP contribution in [0.2, 0.25) is 0 Å². The maximum absolute atomic E-state index is 11.5. The first-order chi connectivity index (χ1) is 8.12. The van der Waals surface area contributed by atoms with E-state index in [-0.39, 0.29) is 5.78 Å². The van der Waals surface area contributed by atoms with Crippen LogP contribution in [0, 0.1) is 0 Å². The number of likely N-dealkylation sites (N-methyl/N-ethyl adjacent to an activating group) is 1. The summed E-state index contributed by atoms with van der Waals surface area (Å²) in [6.45, 7) is 3.43. The summed E-state index contributed by atoms with van der Waals surface area (Å²) >= 11 is 0. The summed E-state index contributed by atoms with van der Waals surface area (Å²) in [7, 11) is 2.21. The molecule has 2 atom stereocenters. The summed E-state index contributed by atoms with van der Waals surface area (Å²) in [5.74, 6) is 0.281. The van der Waals surface area contributed by atoms with E-state index in [2.05, 4.69) is 18.1 Å². The molecule has 2 heterocycles. The normalized spacial score (nSPS) is 28.9. The number of hydrogen-bond donors (Lipinski definition) is 0. The quantitative estimate of drug-likeness (QED) is 0.750. The lowest BCUT2D eigenvalue weighted by molar-refractivity contribution is -0.937. The van der Waals surface area contributed by atoms with E-state index < -0.39 is 0 Å². The van der Waals surface area contributed by atoms with Gasteiger partial charge in [0, 0.05) is 31.3 Å². The lowest BCUT2D eigenvalue weighted by atomic mass is 9.93. The van der Waals surface area contributed by atoms with Crippen molar-refractivity contribution >= 4 is 5.78 Å². The van der Waals surface area contributed by atoms with Crippen molar-refractivity contribution in [1.29, 1.82) is 0 Å². The number of aromatic nitrogens is 1. The third kappa shape index (κ3) is 2.72. The average molecular weight is 233 g/mol. The molecule has 92 valence electrons. The predicted octanol–water partition coefficient (Wildman–Crippen LogP) is 2.34. The van der Waals surface area contributed by atoms with Crippen LogP contribution < -0.4 is 0 Å². The first kappa shape index (κ1) is 12.2. The maximum atomic E-state index is 11.5. The molecule has 0 amide bonds. The summed E-state index contributed by atoms with van der Waals surface area (Å²) in [5, 5.41) is 0. The Morgan fingerprint density at radius 2 is 2.35 bits per heavy atom. The monoisotopic (exact) mass is 233 g/mol. The molecule has 0 radical (unpaired) electrons. The van der Waals surface area contributed by atoms with Crippen molar-refractivity contribution in [3.63, 3.8) is 0 Å². The average Bonchev–Trinajstić information content (AvgIpc) is 2.29. The van der Waals surface area contributed by atoms with Gasteiger partial charge in [-0.2, -0.15) is 0 Å². The van der Waals surface area contributed by atoms with Gasteiger partial charge in [-0.05, 0) is 18.9 Å². The molecule has 0 aliphatic carbocycles. The fraction of sp³-hybridized carbons (Fsp3) is 0.571. The minimum Gasteiger partial charge on any atom is -0.314 e. The maximum Gasteiger partial charge on any atom is 0.183 e. The van der Waals surface area contributed by atoms with Crippen LogP contribution in [0.3, 0.4) is 0 Å². The van der Waals surface area contributed by atoms with E-state index in [0.29, 0.717) is 12.6 Å². The Balaban J connectivity index is 2.26. The second kappa shape index (κ2) is 4.96. The predicted molar refractivity (Wildman–Crippen MR) is 67.4 cm³/mol. The number of nitrogens with zero attached hydrogens (tertiary/aromatic N) is 2. The van der Waals surface area contributed by atoms with Gasteiger partial charge in [-0.25, -0.2) is 0 Å². The molecule has 17 heavy (non-hydrogen) atoms. The van der Waals surface area contributed by atoms with Crippen molar-refractivity contribution in [2.75, 3.05) is 20.1 Å². The number of carbonyl (C=O) groups excluding carboxylic acids is 1. The molecule has 0 N–H and O–H groups in total. The molecular formula is C14H21N2O+. The highest BCUT2D eigenvalue weighted by Crippen LogP contribution is 2.35. The van der Waals surface area contributed by atoms with Crippen molar-refractivity contribution in [3.8, 4) is 0 Å². The van der Waals surface area contributed by atoms with Crippen LogP contribution in [0.4, 0.5) is 0 Å². The fourth-order valence-electron chi connectivity index (χ4n) is 3.08. The van der Waals surface area contributed by atoms with E-state index in [1.165, 1.54) is 18.4 Å². The number of pyridine rings is 1. The molecule has 1 saturated heterocycles. The molecule has 3 heteroatoms. The number of likely N-dealkylation sites (tertiary alicyclic amines) is 1. The van der Waals surface area contributed by atoms with Crippen molar-refractivity contribution in [2.24, 2.45) is 0 Å². The van der Waals surface area contributed by atoms with Crippen LogP contribution in [0.25, 0.3) is 0 Å². The molecule has 0 saturated carbocycles. The van der Waals surface area contributed by atoms with Crippen LogP contribution in [-0.4, -0.2) is 35.4 Å². The summed E-state index contributed by atoms with van der Waals surface area (Å²) in [5.41, 5.74) is 1.27. The highest BCUT2D eigenvalue weighted by Gasteiger charge is 2.37. The Kier molecular flexibility index (Phi) is 3.57. The van der Waals surface area contributed by atoms with E-state index in [9.17, 15) is 4.79 Å². The second-order valence-electron chi connectivity index (χ2n) is 5.36. The fourth-order valence-corrected chi connectivity index (χ4v) is 3.08. The van der Waals surface area contributed by atoms with Crippen molar-refractivity contribution in [1.82, 2.24) is 4.98 Å². The first-order valence-electron chi connectivity index (χ1n) is 6.35. The summed E-state index contributed by atoms with van der Waals surface area (Å²) in [6.07, 6.45) is 7.40. The molecule has 1 aromatic rings. The topological polar surface area (TPSA) is 30.0 Å². The van der Waals surface area contributed by atoms with Crippen molar-refractivity contribution < 1.29 is 9.28 Å². The molecule has 0 spiro atoms. The molecular weight excluding hydrogens is 212 g/mol. The molecule has 3 nitrogen and oxygen atoms in total. The highest BCUT2D eigenvalue weighted by atomic mass is 16.1. The molecule has 1 aliphatic rings. The minimum absolute atomic E-state index is 0.281. The van der Waals surface area contributed by atoms with Crippen molar-refractivity contribution in [2.45, 2.75) is 32.2 Å². The van der Waals surface area contributed by atoms with Gasteiger partial charge in [0.2, 0.25) is 0 Å². The van der Waals surface area contributed by atoms with Crippen LogP contribution in [0.1, 0.15) is 37.8 Å². The zero-order valence-corrected chi connectivity index (χ0v) is 10.7. The molecule has 1 aliphatic heterocycles. The van der Waals surface area contributed by atoms with Gasteiger partial charge >= 0.3 is 0 Å². The smallest absolute Gasteiger partial charge is 0.183 e. The van der Waals surface area contributed by atoms with Gasteiger partial charge < -0.3 is 4.48 Å². The lowest BCUT2D eigenvalue weighted by Crippen LogP contribution is -2.52. The molecule has 1 fully saturated rings. The zero-order valence-electron chi connectivity index (χ0n) is 10.7. The third-order valence-corrected chi connectivity index (χ3v) is 3.80. The Bertz CT molecular complexity index is 390. The van der Waals surface area contributed by atoms with Gasteiger partial charge in [-0.1, -0.05) is 6.07 Å². The van der Waals surface area contributed by atoms with Gasteiger partial charge in [0.1, 0.15) is 12.6 Å². The van der Waals surface area contributed by atoms with Gasteiger partial charge in [0.15, 0.2) is 5.78 Å². The summed E-state index contributed by atoms with van der Waals surface area (Å²) < 4.78 is 0.848. The van der Waals surface area contributed by atoms with E-state index in [0.717, 1.165) is 17.4 Å². The number of hydrogen-bond acceptors (Lipinski definition) is 2. The number of carbonyl (C=O) groups is 1. The first-order valence-corrected chi connectivity index (χ1v) is 6.35. The zero-order chi connectivity index (χ0) is 12.3. The van der Waals surface area contributed by atoms with Crippen LogP contribution in [-0.2, 0) is 4.79 Å². The lowest BCUT2D eigenvalue weighted by Gasteiger charge is -2.44. The largest absolute Gasteiger partial charge is 0.314 e. The number of Topliss-reactive ketones (excluding diaryl/α,β-unsaturated/α-hetero) is 1. The molecule has 0 aromatic carbocycles. The third-order valence-electron chi connectivity index (χ3n) is 3.80. The summed E-state index contributed by atoms with van der Waals surface area (Å²) in [6, 6.07) is 4.56. The number of rotatable bonds is 3. The molecule has 1 aromatic heterocycles. The Morgan fingerprint density at radius 1 is 1.53 bits per heavy atom. The molecule has 2 unspecified atom stereocenters. The SMILES string of the molecule is CC(=O)C[N+]1(C)CCCCC1c1cccnc1. The number of quaternary nitrogens is 1. The van der Waals surface area contributed by atoms with E-state index in [1.807, 2.05) is 18.5 Å². The van der Waals surface area contributed by atoms with Crippen LogP contribution >= 0.6 is 0 Å². The van der Waals surface area contributed by atoms with Gasteiger partial charge in [0.25, 0.3) is 0 Å². The van der Waals surface area contributed by atoms with Crippen LogP contribution in [0.15, 0.2) is 24.5 Å². The van der Waals surface area contributed by atoms with Gasteiger partial charge in [-0.15, -0.1) is 0 Å². The van der Waals surface area contributed by atoms with E-state index in [4.69, 9.17) is 0 Å². The summed E-state index contributed by atoms with van der Waals surface area (Å²) in [4.78, 5) is 15.7. The standard InChI is InChI=1S/C14H21N2O/c1-12(17)11-16(2)9-4-3-7-14(16)13-6-5-8-15-10-13/h5-6,8,10,14H,3-4,7,9,11H2,1-2H3/q+1. The highest BCUT2D eigenvalue weighted by molar-refractivity contribution is 5.76. The Labute approximate surface area is 103 Å². The van der Waals surface area contributed by atoms with Crippen molar-refractivity contribution in [3.05, 3.63) is 30.1 Å². The minimum atomic E-state index is 0.281. The van der Waals surface area contributed by atoms with Crippen LogP contribution in [0.5, 0.6) is 0 Å². The van der Waals surface area contributed by atoms with E-state index in [1.54, 1.807) is 6.92 Å². The number of ketones is 1. The second-order valence-corrected chi connectivity index (χ2v) is 5.36. The Hall–Kier alpha value is -1.22.